The number of anilines is 1. The molecule has 0 spiro atoms. The van der Waals surface area contributed by atoms with Gasteiger partial charge in [0.2, 0.25) is 5.91 Å². The van der Waals surface area contributed by atoms with Crippen molar-refractivity contribution < 1.29 is 4.79 Å². The van der Waals surface area contributed by atoms with E-state index in [9.17, 15) is 4.79 Å². The molecule has 25 heavy (non-hydrogen) atoms. The Hall–Kier alpha value is -2.07. The van der Waals surface area contributed by atoms with Crippen molar-refractivity contribution in [1.82, 2.24) is 0 Å². The van der Waals surface area contributed by atoms with Crippen LogP contribution in [0.25, 0.3) is 0 Å². The molecule has 1 N–H and O–H groups in total. The predicted octanol–water partition coefficient (Wildman–Crippen LogP) is 5.03. The highest BCUT2D eigenvalue weighted by atomic mass is 32.2. The standard InChI is InChI=1S/C21H24N2OS/c1-16-23-21(2,13-14-25-16)18-8-6-7-17(15-18)11-12-20(24)22-19-9-4-3-5-10-19/h3-10,15H,11-14H2,1-2H3,(H,22,24). The molecule has 1 atom stereocenters. The number of amides is 1. The smallest absolute Gasteiger partial charge is 0.224 e. The second-order valence-electron chi connectivity index (χ2n) is 6.62. The first-order valence-electron chi connectivity index (χ1n) is 8.69. The third-order valence-electron chi connectivity index (χ3n) is 4.55. The fourth-order valence-corrected chi connectivity index (χ4v) is 4.17. The molecule has 0 radical (unpaired) electrons. The summed E-state index contributed by atoms with van der Waals surface area (Å²) >= 11 is 1.83. The largest absolute Gasteiger partial charge is 0.326 e. The van der Waals surface area contributed by atoms with E-state index in [0.29, 0.717) is 6.42 Å². The summed E-state index contributed by atoms with van der Waals surface area (Å²) in [5.74, 6) is 1.15. The van der Waals surface area contributed by atoms with Crippen molar-refractivity contribution in [1.29, 1.82) is 0 Å². The molecule has 1 aliphatic heterocycles. The lowest BCUT2D eigenvalue weighted by Gasteiger charge is -2.30. The van der Waals surface area contributed by atoms with E-state index >= 15 is 0 Å². The average molecular weight is 353 g/mol. The van der Waals surface area contributed by atoms with Gasteiger partial charge in [0.1, 0.15) is 0 Å². The van der Waals surface area contributed by atoms with E-state index in [4.69, 9.17) is 4.99 Å². The lowest BCUT2D eigenvalue weighted by atomic mass is 9.88. The molecule has 4 heteroatoms. The zero-order valence-electron chi connectivity index (χ0n) is 14.8. The Bertz CT molecular complexity index is 772. The number of carbonyl (C=O) groups excluding carboxylic acids is 1. The highest BCUT2D eigenvalue weighted by molar-refractivity contribution is 8.13. The first kappa shape index (κ1) is 17.7. The van der Waals surface area contributed by atoms with Crippen LogP contribution < -0.4 is 5.32 Å². The van der Waals surface area contributed by atoms with Crippen molar-refractivity contribution in [2.75, 3.05) is 11.1 Å². The second-order valence-corrected chi connectivity index (χ2v) is 7.91. The summed E-state index contributed by atoms with van der Waals surface area (Å²) in [7, 11) is 0. The number of nitrogens with one attached hydrogen (secondary N) is 1. The first-order chi connectivity index (χ1) is 12.0. The maximum atomic E-state index is 12.1. The van der Waals surface area contributed by atoms with Crippen molar-refractivity contribution >= 4 is 28.4 Å². The van der Waals surface area contributed by atoms with Gasteiger partial charge in [0.05, 0.1) is 10.6 Å². The molecule has 0 bridgehead atoms. The predicted molar refractivity (Wildman–Crippen MR) is 107 cm³/mol. The van der Waals surface area contributed by atoms with E-state index in [1.54, 1.807) is 0 Å². The molecule has 0 aliphatic carbocycles. The van der Waals surface area contributed by atoms with Crippen LogP contribution in [0.2, 0.25) is 0 Å². The number of rotatable bonds is 5. The van der Waals surface area contributed by atoms with E-state index in [0.717, 1.165) is 29.3 Å². The van der Waals surface area contributed by atoms with Crippen LogP contribution in [0.1, 0.15) is 37.8 Å². The summed E-state index contributed by atoms with van der Waals surface area (Å²) in [5, 5.41) is 4.09. The zero-order chi connectivity index (χ0) is 17.7. The van der Waals surface area contributed by atoms with Gasteiger partial charge in [-0.2, -0.15) is 0 Å². The maximum Gasteiger partial charge on any atom is 0.224 e. The normalized spacial score (nSPS) is 20.0. The van der Waals surface area contributed by atoms with E-state index < -0.39 is 0 Å². The quantitative estimate of drug-likeness (QED) is 0.820. The van der Waals surface area contributed by atoms with Crippen LogP contribution in [0.3, 0.4) is 0 Å². The number of hydrogen-bond acceptors (Lipinski definition) is 3. The van der Waals surface area contributed by atoms with Gasteiger partial charge in [-0.1, -0.05) is 42.5 Å². The summed E-state index contributed by atoms with van der Waals surface area (Å²) in [4.78, 5) is 17.0. The van der Waals surface area contributed by atoms with E-state index in [1.807, 2.05) is 42.1 Å². The van der Waals surface area contributed by atoms with Crippen molar-refractivity contribution in [3.05, 3.63) is 65.7 Å². The van der Waals surface area contributed by atoms with Crippen LogP contribution in [0.4, 0.5) is 5.69 Å². The van der Waals surface area contributed by atoms with Crippen molar-refractivity contribution in [3.63, 3.8) is 0 Å². The fourth-order valence-electron chi connectivity index (χ4n) is 3.11. The van der Waals surface area contributed by atoms with Gasteiger partial charge < -0.3 is 5.32 Å². The van der Waals surface area contributed by atoms with Gasteiger partial charge >= 0.3 is 0 Å². The van der Waals surface area contributed by atoms with Crippen molar-refractivity contribution in [3.8, 4) is 0 Å². The molecule has 1 aliphatic rings. The molecule has 0 fully saturated rings. The van der Waals surface area contributed by atoms with Crippen LogP contribution in [0, 0.1) is 0 Å². The third-order valence-corrected chi connectivity index (χ3v) is 5.47. The molecule has 3 nitrogen and oxygen atoms in total. The Morgan fingerprint density at radius 3 is 2.76 bits per heavy atom. The van der Waals surface area contributed by atoms with Gasteiger partial charge in [-0.05, 0) is 49.9 Å². The molecule has 0 saturated carbocycles. The van der Waals surface area contributed by atoms with Gasteiger partial charge in [-0.3, -0.25) is 9.79 Å². The van der Waals surface area contributed by atoms with E-state index in [1.165, 1.54) is 11.1 Å². The number of aryl methyl sites for hydroxylation is 1. The SMILES string of the molecule is CC1=NC(C)(c2cccc(CCC(=O)Nc3ccccc3)c2)CCS1. The summed E-state index contributed by atoms with van der Waals surface area (Å²) in [6, 6.07) is 18.1. The molecule has 0 saturated heterocycles. The number of nitrogens with zero attached hydrogens (tertiary/aromatic N) is 1. The summed E-state index contributed by atoms with van der Waals surface area (Å²) < 4.78 is 0. The minimum absolute atomic E-state index is 0.0470. The van der Waals surface area contributed by atoms with Crippen LogP contribution >= 0.6 is 11.8 Å². The number of aliphatic imine (C=N–C) groups is 1. The first-order valence-corrected chi connectivity index (χ1v) is 9.67. The second kappa shape index (κ2) is 7.87. The van der Waals surface area contributed by atoms with E-state index in [2.05, 4.69) is 43.4 Å². The third kappa shape index (κ3) is 4.73. The summed E-state index contributed by atoms with van der Waals surface area (Å²) in [5.41, 5.74) is 3.14. The lowest BCUT2D eigenvalue weighted by Crippen LogP contribution is -2.25. The number of thioether (sulfide) groups is 1. The highest BCUT2D eigenvalue weighted by Crippen LogP contribution is 2.36. The van der Waals surface area contributed by atoms with Crippen molar-refractivity contribution in [2.24, 2.45) is 4.99 Å². The molecular formula is C21H24N2OS. The minimum Gasteiger partial charge on any atom is -0.326 e. The zero-order valence-corrected chi connectivity index (χ0v) is 15.6. The number of hydrogen-bond donors (Lipinski definition) is 1. The Kier molecular flexibility index (Phi) is 5.59. The molecule has 2 aromatic rings. The van der Waals surface area contributed by atoms with Crippen LogP contribution in [0.15, 0.2) is 59.6 Å². The van der Waals surface area contributed by atoms with Crippen LogP contribution in [-0.4, -0.2) is 16.7 Å². The van der Waals surface area contributed by atoms with Gasteiger partial charge in [-0.25, -0.2) is 0 Å². The number of benzene rings is 2. The van der Waals surface area contributed by atoms with Gasteiger partial charge in [-0.15, -0.1) is 11.8 Å². The Labute approximate surface area is 153 Å². The topological polar surface area (TPSA) is 41.5 Å². The van der Waals surface area contributed by atoms with Gasteiger partial charge in [0.25, 0.3) is 0 Å². The monoisotopic (exact) mass is 352 g/mol. The Morgan fingerprint density at radius 2 is 2.00 bits per heavy atom. The average Bonchev–Trinajstić information content (AvgIpc) is 2.61. The summed E-state index contributed by atoms with van der Waals surface area (Å²) in [6.07, 6.45) is 2.26. The molecule has 130 valence electrons. The molecule has 1 heterocycles. The molecule has 0 aromatic heterocycles. The Balaban J connectivity index is 1.64. The highest BCUT2D eigenvalue weighted by Gasteiger charge is 2.28. The van der Waals surface area contributed by atoms with E-state index in [-0.39, 0.29) is 11.4 Å². The molecule has 2 aromatic carbocycles. The lowest BCUT2D eigenvalue weighted by molar-refractivity contribution is -0.116. The molecule has 1 unspecified atom stereocenters. The molecular weight excluding hydrogens is 328 g/mol. The fraction of sp³-hybridized carbons (Fsp3) is 0.333. The maximum absolute atomic E-state index is 12.1. The minimum atomic E-state index is -0.141. The van der Waals surface area contributed by atoms with Gasteiger partial charge in [0.15, 0.2) is 0 Å². The van der Waals surface area contributed by atoms with Gasteiger partial charge in [0, 0.05) is 17.9 Å². The van der Waals surface area contributed by atoms with Crippen LogP contribution in [0.5, 0.6) is 0 Å². The molecule has 3 rings (SSSR count). The number of carbonyl (C=O) groups is 1. The molecule has 1 amide bonds. The van der Waals surface area contributed by atoms with Crippen LogP contribution in [-0.2, 0) is 16.8 Å². The number of para-hydroxylation sites is 1. The van der Waals surface area contributed by atoms with Crippen molar-refractivity contribution in [2.45, 2.75) is 38.6 Å². The Morgan fingerprint density at radius 1 is 1.20 bits per heavy atom. The summed E-state index contributed by atoms with van der Waals surface area (Å²) in [6.45, 7) is 4.29.